The second-order valence-electron chi connectivity index (χ2n) is 4.19. The van der Waals surface area contributed by atoms with Crippen LogP contribution in [0.25, 0.3) is 0 Å². The van der Waals surface area contributed by atoms with Crippen molar-refractivity contribution in [2.24, 2.45) is 0 Å². The lowest BCUT2D eigenvalue weighted by Gasteiger charge is -2.26. The van der Waals surface area contributed by atoms with E-state index in [0.717, 1.165) is 25.8 Å². The first-order valence-corrected chi connectivity index (χ1v) is 6.62. The van der Waals surface area contributed by atoms with Gasteiger partial charge in [-0.1, -0.05) is 12.8 Å². The van der Waals surface area contributed by atoms with Gasteiger partial charge in [-0.05, 0) is 19.3 Å². The number of carbonyl (C=O) groups excluding carboxylic acids is 1. The Labute approximate surface area is 87.4 Å². The second-order valence-corrected chi connectivity index (χ2v) is 5.92. The lowest BCUT2D eigenvalue weighted by molar-refractivity contribution is -0.120. The molecule has 1 aliphatic carbocycles. The first-order valence-electron chi connectivity index (χ1n) is 5.45. The number of piperidine rings is 1. The molecule has 0 bridgehead atoms. The molecule has 0 N–H and O–H groups in total. The molecule has 2 aliphatic rings. The predicted octanol–water partition coefficient (Wildman–Crippen LogP) is 1.26. The van der Waals surface area contributed by atoms with Crippen LogP contribution in [-0.2, 0) is 15.8 Å². The maximum absolute atomic E-state index is 12.0. The molecule has 2 fully saturated rings. The molecule has 1 unspecified atom stereocenters. The summed E-state index contributed by atoms with van der Waals surface area (Å²) in [4.78, 5) is 11.2. The zero-order valence-electron chi connectivity index (χ0n) is 8.41. The van der Waals surface area contributed by atoms with Crippen molar-refractivity contribution in [2.75, 3.05) is 13.1 Å². The Morgan fingerprint density at radius 2 is 1.93 bits per heavy atom. The summed E-state index contributed by atoms with van der Waals surface area (Å²) in [6.07, 6.45) is 6.14. The van der Waals surface area contributed by atoms with Gasteiger partial charge in [-0.25, -0.2) is 8.51 Å². The molecule has 0 aromatic carbocycles. The van der Waals surface area contributed by atoms with Crippen LogP contribution in [0, 0.1) is 0 Å². The van der Waals surface area contributed by atoms with E-state index in [-0.39, 0.29) is 5.78 Å². The number of nitrogens with zero attached hydrogens (tertiary/aromatic N) is 1. The summed E-state index contributed by atoms with van der Waals surface area (Å²) in [5.41, 5.74) is 0. The van der Waals surface area contributed by atoms with Crippen LogP contribution in [0.3, 0.4) is 0 Å². The van der Waals surface area contributed by atoms with Gasteiger partial charge in [0.15, 0.2) is 0 Å². The first-order chi connectivity index (χ1) is 6.77. The molecule has 14 heavy (non-hydrogen) atoms. The maximum atomic E-state index is 12.0. The van der Waals surface area contributed by atoms with Gasteiger partial charge in [-0.2, -0.15) is 0 Å². The van der Waals surface area contributed by atoms with Crippen molar-refractivity contribution in [3.05, 3.63) is 0 Å². The molecule has 1 saturated carbocycles. The Hall–Kier alpha value is -0.220. The summed E-state index contributed by atoms with van der Waals surface area (Å²) in [5.74, 6) is 0.252. The monoisotopic (exact) mass is 215 g/mol. The molecular weight excluding hydrogens is 198 g/mol. The molecule has 0 amide bonds. The normalized spacial score (nSPS) is 28.1. The molecule has 1 saturated heterocycles. The standard InChI is InChI=1S/C10H17NO2S/c12-9-4-3-7-11(8-9)14(13)10-5-1-2-6-10/h10H,1-8H2. The minimum atomic E-state index is -0.890. The van der Waals surface area contributed by atoms with Crippen LogP contribution in [0.4, 0.5) is 0 Å². The number of hydrogen-bond acceptors (Lipinski definition) is 2. The third-order valence-corrected chi connectivity index (χ3v) is 4.92. The fourth-order valence-corrected chi connectivity index (χ4v) is 4.00. The average Bonchev–Trinajstić information content (AvgIpc) is 2.69. The van der Waals surface area contributed by atoms with Crippen LogP contribution >= 0.6 is 0 Å². The zero-order chi connectivity index (χ0) is 9.97. The highest BCUT2D eigenvalue weighted by atomic mass is 32.2. The van der Waals surface area contributed by atoms with Crippen LogP contribution < -0.4 is 0 Å². The topological polar surface area (TPSA) is 37.4 Å². The van der Waals surface area contributed by atoms with Crippen molar-refractivity contribution >= 4 is 16.8 Å². The molecule has 0 aromatic rings. The van der Waals surface area contributed by atoms with Crippen molar-refractivity contribution in [3.8, 4) is 0 Å². The Morgan fingerprint density at radius 1 is 1.21 bits per heavy atom. The molecule has 2 rings (SSSR count). The van der Waals surface area contributed by atoms with Gasteiger partial charge < -0.3 is 0 Å². The fourth-order valence-electron chi connectivity index (χ4n) is 2.26. The van der Waals surface area contributed by atoms with Gasteiger partial charge in [0.25, 0.3) is 0 Å². The molecule has 80 valence electrons. The predicted molar refractivity (Wildman–Crippen MR) is 56.2 cm³/mol. The maximum Gasteiger partial charge on any atom is 0.147 e. The number of rotatable bonds is 2. The summed E-state index contributed by atoms with van der Waals surface area (Å²) >= 11 is 0. The SMILES string of the molecule is O=C1CCCN(S(=O)C2CCCC2)C1. The van der Waals surface area contributed by atoms with Crippen molar-refractivity contribution in [1.29, 1.82) is 0 Å². The van der Waals surface area contributed by atoms with Crippen LogP contribution in [0.2, 0.25) is 0 Å². The lowest BCUT2D eigenvalue weighted by Crippen LogP contribution is -2.40. The van der Waals surface area contributed by atoms with E-state index in [1.54, 1.807) is 0 Å². The fraction of sp³-hybridized carbons (Fsp3) is 0.900. The van der Waals surface area contributed by atoms with E-state index in [0.29, 0.717) is 18.2 Å². The van der Waals surface area contributed by atoms with Gasteiger partial charge in [0.05, 0.1) is 17.5 Å². The van der Waals surface area contributed by atoms with Crippen LogP contribution in [0.5, 0.6) is 0 Å². The van der Waals surface area contributed by atoms with Gasteiger partial charge in [-0.3, -0.25) is 4.79 Å². The summed E-state index contributed by atoms with van der Waals surface area (Å²) in [6.45, 7) is 1.26. The molecule has 0 aromatic heterocycles. The Morgan fingerprint density at radius 3 is 2.57 bits per heavy atom. The van der Waals surface area contributed by atoms with Crippen molar-refractivity contribution < 1.29 is 9.00 Å². The molecule has 1 aliphatic heterocycles. The van der Waals surface area contributed by atoms with E-state index >= 15 is 0 Å². The smallest absolute Gasteiger partial charge is 0.147 e. The van der Waals surface area contributed by atoms with E-state index in [4.69, 9.17) is 0 Å². The minimum absolute atomic E-state index is 0.252. The van der Waals surface area contributed by atoms with E-state index in [1.165, 1.54) is 12.8 Å². The molecule has 4 heteroatoms. The summed E-state index contributed by atoms with van der Waals surface area (Å²) in [7, 11) is -0.890. The van der Waals surface area contributed by atoms with Gasteiger partial charge >= 0.3 is 0 Å². The largest absolute Gasteiger partial charge is 0.298 e. The molecule has 1 heterocycles. The molecular formula is C10H17NO2S. The van der Waals surface area contributed by atoms with Crippen LogP contribution in [0.1, 0.15) is 38.5 Å². The van der Waals surface area contributed by atoms with E-state index in [1.807, 2.05) is 4.31 Å². The quantitative estimate of drug-likeness (QED) is 0.695. The van der Waals surface area contributed by atoms with Crippen LogP contribution in [-0.4, -0.2) is 32.6 Å². The van der Waals surface area contributed by atoms with Crippen molar-refractivity contribution in [1.82, 2.24) is 4.31 Å². The zero-order valence-corrected chi connectivity index (χ0v) is 9.22. The summed E-state index contributed by atoms with van der Waals surface area (Å²) in [5, 5.41) is 0.334. The lowest BCUT2D eigenvalue weighted by atomic mass is 10.1. The Kier molecular flexibility index (Phi) is 3.34. The van der Waals surface area contributed by atoms with Gasteiger partial charge in [-0.15, -0.1) is 0 Å². The summed E-state index contributed by atoms with van der Waals surface area (Å²) < 4.78 is 13.9. The number of ketones is 1. The number of Topliss-reactive ketones (excluding diaryl/α,β-unsaturated/α-hetero) is 1. The van der Waals surface area contributed by atoms with Crippen molar-refractivity contribution in [2.45, 2.75) is 43.8 Å². The Bertz CT molecular complexity index is 249. The first kappa shape index (κ1) is 10.3. The van der Waals surface area contributed by atoms with E-state index < -0.39 is 11.0 Å². The Balaban J connectivity index is 1.92. The van der Waals surface area contributed by atoms with Crippen LogP contribution in [0.15, 0.2) is 0 Å². The molecule has 0 spiro atoms. The second kappa shape index (κ2) is 4.53. The van der Waals surface area contributed by atoms with Gasteiger partial charge in [0, 0.05) is 18.2 Å². The highest BCUT2D eigenvalue weighted by molar-refractivity contribution is 7.83. The highest BCUT2D eigenvalue weighted by Crippen LogP contribution is 2.25. The van der Waals surface area contributed by atoms with Gasteiger partial charge in [0.2, 0.25) is 0 Å². The van der Waals surface area contributed by atoms with E-state index in [2.05, 4.69) is 0 Å². The number of hydrogen-bond donors (Lipinski definition) is 0. The average molecular weight is 215 g/mol. The molecule has 0 radical (unpaired) electrons. The summed E-state index contributed by atoms with van der Waals surface area (Å²) in [6, 6.07) is 0. The van der Waals surface area contributed by atoms with Gasteiger partial charge in [0.1, 0.15) is 5.78 Å². The molecule has 1 atom stereocenters. The molecule has 3 nitrogen and oxygen atoms in total. The third kappa shape index (κ3) is 2.23. The van der Waals surface area contributed by atoms with E-state index in [9.17, 15) is 9.00 Å². The third-order valence-electron chi connectivity index (χ3n) is 3.06. The number of carbonyl (C=O) groups is 1. The minimum Gasteiger partial charge on any atom is -0.298 e. The highest BCUT2D eigenvalue weighted by Gasteiger charge is 2.29. The van der Waals surface area contributed by atoms with Crippen molar-refractivity contribution in [3.63, 3.8) is 0 Å².